The van der Waals surface area contributed by atoms with Crippen molar-refractivity contribution in [1.82, 2.24) is 0 Å². The lowest BCUT2D eigenvalue weighted by Gasteiger charge is -1.73. The van der Waals surface area contributed by atoms with E-state index in [1.54, 1.807) is 0 Å². The maximum absolute atomic E-state index is 9.64. The Morgan fingerprint density at radius 3 is 2.22 bits per heavy atom. The zero-order valence-corrected chi connectivity index (χ0v) is 4.01. The Morgan fingerprint density at radius 2 is 2.22 bits per heavy atom. The van der Waals surface area contributed by atoms with Crippen molar-refractivity contribution in [3.63, 3.8) is 0 Å². The molecule has 9 heavy (non-hydrogen) atoms. The molecule has 0 radical (unpaired) electrons. The largest absolute Gasteiger partial charge is 0.690 e. The molecule has 0 saturated carbocycles. The number of carboxylic acids is 1. The van der Waals surface area contributed by atoms with Gasteiger partial charge < -0.3 is 10.6 Å². The first-order chi connectivity index (χ1) is 4.09. The van der Waals surface area contributed by atoms with E-state index in [0.29, 0.717) is 0 Å². The SMILES string of the molecule is [N-]=[N+]=C(C(=O)O)[N+](=O)[O-]. The highest BCUT2D eigenvalue weighted by Gasteiger charge is 2.33. The summed E-state index contributed by atoms with van der Waals surface area (Å²) < 4.78 is 0. The van der Waals surface area contributed by atoms with Crippen molar-refractivity contribution >= 4 is 11.8 Å². The molecule has 0 spiro atoms. The fourth-order valence-electron chi connectivity index (χ4n) is 0.157. The smallest absolute Gasteiger partial charge is 0.467 e. The molecule has 7 heteroatoms. The Labute approximate surface area is 48.3 Å². The highest BCUT2D eigenvalue weighted by atomic mass is 16.6. The van der Waals surface area contributed by atoms with Gasteiger partial charge >= 0.3 is 11.8 Å². The van der Waals surface area contributed by atoms with E-state index in [0.717, 1.165) is 0 Å². The number of amidine groups is 1. The Hall–Kier alpha value is -1.75. The highest BCUT2D eigenvalue weighted by molar-refractivity contribution is 6.27. The number of carboxylic acid groups (broad SMARTS) is 1. The van der Waals surface area contributed by atoms with E-state index >= 15 is 0 Å². The van der Waals surface area contributed by atoms with Crippen molar-refractivity contribution in [3.8, 4) is 0 Å². The van der Waals surface area contributed by atoms with E-state index in [-0.39, 0.29) is 0 Å². The second-order valence-corrected chi connectivity index (χ2v) is 0.986. The van der Waals surface area contributed by atoms with Gasteiger partial charge in [0.25, 0.3) is 0 Å². The minimum absolute atomic E-state index is 1.30. The molecule has 0 bridgehead atoms. The second kappa shape index (κ2) is 2.53. The van der Waals surface area contributed by atoms with Crippen LogP contribution in [-0.4, -0.2) is 26.6 Å². The summed E-state index contributed by atoms with van der Waals surface area (Å²) in [6, 6.07) is 0. The lowest BCUT2D eigenvalue weighted by Crippen LogP contribution is -2.23. The Balaban J connectivity index is 4.59. The van der Waals surface area contributed by atoms with Crippen LogP contribution in [0.5, 0.6) is 0 Å². The topological polar surface area (TPSA) is 117 Å². The van der Waals surface area contributed by atoms with Gasteiger partial charge in [0.05, 0.1) is 0 Å². The fourth-order valence-corrected chi connectivity index (χ4v) is 0.157. The zero-order valence-electron chi connectivity index (χ0n) is 4.01. The average Bonchev–Trinajstić information content (AvgIpc) is 1.64. The summed E-state index contributed by atoms with van der Waals surface area (Å²) in [6.07, 6.45) is 0. The van der Waals surface area contributed by atoms with Gasteiger partial charge in [-0.1, -0.05) is 4.79 Å². The number of rotatable bonds is 0. The molecule has 48 valence electrons. The minimum atomic E-state index is -1.87. The van der Waals surface area contributed by atoms with Gasteiger partial charge in [0.15, 0.2) is 4.92 Å². The molecule has 0 rings (SSSR count). The molecule has 0 saturated heterocycles. The van der Waals surface area contributed by atoms with Gasteiger partial charge in [-0.05, 0) is 0 Å². The highest BCUT2D eigenvalue weighted by Crippen LogP contribution is 1.71. The molecule has 0 heterocycles. The third kappa shape index (κ3) is 1.66. The maximum Gasteiger partial charge on any atom is 0.690 e. The lowest BCUT2D eigenvalue weighted by atomic mass is 10.6. The summed E-state index contributed by atoms with van der Waals surface area (Å²) in [7, 11) is 0. The van der Waals surface area contributed by atoms with Crippen molar-refractivity contribution < 1.29 is 19.6 Å². The zero-order chi connectivity index (χ0) is 7.44. The van der Waals surface area contributed by atoms with Crippen LogP contribution in [0.1, 0.15) is 0 Å². The molecule has 7 nitrogen and oxygen atoms in total. The van der Waals surface area contributed by atoms with E-state index in [2.05, 4.69) is 0 Å². The van der Waals surface area contributed by atoms with Gasteiger partial charge in [-0.25, -0.2) is 4.79 Å². The first-order valence-corrected chi connectivity index (χ1v) is 1.69. The number of hydrogen-bond acceptors (Lipinski definition) is 3. The van der Waals surface area contributed by atoms with Crippen molar-refractivity contribution in [2.24, 2.45) is 0 Å². The number of hydrogen-bond donors (Lipinski definition) is 1. The normalized spacial score (nSPS) is 7.56. The predicted molar refractivity (Wildman–Crippen MR) is 23.3 cm³/mol. The Bertz CT molecular complexity index is 186. The van der Waals surface area contributed by atoms with Gasteiger partial charge in [-0.2, -0.15) is 0 Å². The molecule has 0 unspecified atom stereocenters. The van der Waals surface area contributed by atoms with E-state index in [9.17, 15) is 14.9 Å². The quantitative estimate of drug-likeness (QED) is 0.113. The van der Waals surface area contributed by atoms with Crippen molar-refractivity contribution in [2.45, 2.75) is 0 Å². The number of nitrogens with zero attached hydrogens (tertiary/aromatic N) is 3. The maximum atomic E-state index is 9.64. The molecular weight excluding hydrogens is 130 g/mol. The van der Waals surface area contributed by atoms with Gasteiger partial charge in [0, 0.05) is 0 Å². The number of carbonyl (C=O) groups is 1. The first kappa shape index (κ1) is 7.25. The molecule has 0 atom stereocenters. The molecular formula is C2HN3O4. The van der Waals surface area contributed by atoms with Crippen LogP contribution in [0.3, 0.4) is 0 Å². The van der Waals surface area contributed by atoms with Crippen molar-refractivity contribution in [3.05, 3.63) is 15.6 Å². The van der Waals surface area contributed by atoms with Crippen LogP contribution >= 0.6 is 0 Å². The van der Waals surface area contributed by atoms with Crippen LogP contribution in [0, 0.1) is 10.1 Å². The van der Waals surface area contributed by atoms with Crippen molar-refractivity contribution in [1.29, 1.82) is 0 Å². The Morgan fingerprint density at radius 1 is 1.78 bits per heavy atom. The monoisotopic (exact) mass is 131 g/mol. The van der Waals surface area contributed by atoms with Crippen LogP contribution in [0.2, 0.25) is 0 Å². The summed E-state index contributed by atoms with van der Waals surface area (Å²) in [5, 5.41) is 17.3. The molecule has 0 amide bonds. The standard InChI is InChI=1S/C2HN3O4/c3-4-1(2(6)7)5(8)9/h(H,6,7). The molecule has 0 aromatic rings. The van der Waals surface area contributed by atoms with Crippen LogP contribution in [0.15, 0.2) is 0 Å². The summed E-state index contributed by atoms with van der Waals surface area (Å²) in [6.45, 7) is 0. The summed E-state index contributed by atoms with van der Waals surface area (Å²) in [5.74, 6) is -3.36. The van der Waals surface area contributed by atoms with E-state index < -0.39 is 16.7 Å². The van der Waals surface area contributed by atoms with Gasteiger partial charge in [-0.15, -0.1) is 0 Å². The summed E-state index contributed by atoms with van der Waals surface area (Å²) in [4.78, 5) is 19.7. The van der Waals surface area contributed by atoms with E-state index in [1.165, 1.54) is 0 Å². The molecule has 0 aromatic heterocycles. The molecule has 0 aliphatic rings. The van der Waals surface area contributed by atoms with Gasteiger partial charge in [0.1, 0.15) is 0 Å². The van der Waals surface area contributed by atoms with Crippen molar-refractivity contribution in [2.75, 3.05) is 0 Å². The average molecular weight is 131 g/mol. The fraction of sp³-hybridized carbons (Fsp3) is 0. The van der Waals surface area contributed by atoms with E-state index in [4.69, 9.17) is 10.6 Å². The third-order valence-corrected chi connectivity index (χ3v) is 0.459. The predicted octanol–water partition coefficient (Wildman–Crippen LogP) is -1.02. The minimum Gasteiger partial charge on any atom is -0.467 e. The summed E-state index contributed by atoms with van der Waals surface area (Å²) in [5.41, 5.74) is 7.63. The molecule has 0 fully saturated rings. The number of aliphatic carboxylic acids is 1. The van der Waals surface area contributed by atoms with Crippen LogP contribution in [0.25, 0.3) is 5.53 Å². The van der Waals surface area contributed by atoms with Crippen LogP contribution in [-0.2, 0) is 4.79 Å². The van der Waals surface area contributed by atoms with Gasteiger partial charge in [0.2, 0.25) is 0 Å². The first-order valence-electron chi connectivity index (χ1n) is 1.69. The lowest BCUT2D eigenvalue weighted by molar-refractivity contribution is -0.383. The number of nitro groups is 1. The molecule has 1 N–H and O–H groups in total. The van der Waals surface area contributed by atoms with Gasteiger partial charge in [-0.3, -0.25) is 10.1 Å². The third-order valence-electron chi connectivity index (χ3n) is 0.459. The van der Waals surface area contributed by atoms with Crippen LogP contribution in [0.4, 0.5) is 0 Å². The molecule has 0 aromatic carbocycles. The Kier molecular flexibility index (Phi) is 2.04. The van der Waals surface area contributed by atoms with Crippen LogP contribution < -0.4 is 0 Å². The molecule has 0 aliphatic carbocycles. The summed E-state index contributed by atoms with van der Waals surface area (Å²) >= 11 is 0. The van der Waals surface area contributed by atoms with E-state index in [1.807, 2.05) is 4.79 Å². The second-order valence-electron chi connectivity index (χ2n) is 0.986. The molecule has 0 aliphatic heterocycles.